The van der Waals surface area contributed by atoms with E-state index in [0.717, 1.165) is 29.2 Å². The van der Waals surface area contributed by atoms with Gasteiger partial charge in [0.05, 0.1) is 10.5 Å². The highest BCUT2D eigenvalue weighted by molar-refractivity contribution is 8.04. The lowest BCUT2D eigenvalue weighted by atomic mass is 10.2. The van der Waals surface area contributed by atoms with Crippen LogP contribution in [0.1, 0.15) is 31.1 Å². The summed E-state index contributed by atoms with van der Waals surface area (Å²) >= 11 is 2.85. The molecule has 0 bridgehead atoms. The van der Waals surface area contributed by atoms with Gasteiger partial charge in [0.2, 0.25) is 0 Å². The maximum absolute atomic E-state index is 13.0. The summed E-state index contributed by atoms with van der Waals surface area (Å²) in [4.78, 5) is 29.6. The summed E-state index contributed by atoms with van der Waals surface area (Å²) in [5.41, 5.74) is 0.524. The van der Waals surface area contributed by atoms with E-state index < -0.39 is 0 Å². The summed E-state index contributed by atoms with van der Waals surface area (Å²) < 4.78 is 5.56. The number of thioether (sulfide) groups is 1. The standard InChI is InChI=1S/C21H23NO3S2/c1-2-3-13-25-14-8-12-22-20(23)18(17-11-7-15-26-17)19(21(22)24)27-16-9-5-4-6-10-16/h4-7,9-11,15H,2-3,8,12-14H2,1H3. The smallest absolute Gasteiger partial charge is 0.268 e. The first-order chi connectivity index (χ1) is 13.2. The third-order valence-corrected chi connectivity index (χ3v) is 6.15. The lowest BCUT2D eigenvalue weighted by molar-refractivity contribution is -0.136. The molecule has 0 saturated carbocycles. The predicted octanol–water partition coefficient (Wildman–Crippen LogP) is 4.83. The Bertz CT molecular complexity index is 800. The van der Waals surface area contributed by atoms with E-state index in [2.05, 4.69) is 6.92 Å². The number of ether oxygens (including phenoxy) is 1. The van der Waals surface area contributed by atoms with Gasteiger partial charge < -0.3 is 4.74 Å². The topological polar surface area (TPSA) is 46.6 Å². The summed E-state index contributed by atoms with van der Waals surface area (Å²) in [6, 6.07) is 13.5. The number of hydrogen-bond acceptors (Lipinski definition) is 5. The fourth-order valence-electron chi connectivity index (χ4n) is 2.77. The summed E-state index contributed by atoms with van der Waals surface area (Å²) in [5.74, 6) is -0.403. The molecule has 0 saturated heterocycles. The quantitative estimate of drug-likeness (QED) is 0.423. The van der Waals surface area contributed by atoms with Crippen molar-refractivity contribution in [3.8, 4) is 0 Å². The molecule has 0 spiro atoms. The van der Waals surface area contributed by atoms with E-state index in [4.69, 9.17) is 4.74 Å². The van der Waals surface area contributed by atoms with Crippen molar-refractivity contribution >= 4 is 40.5 Å². The summed E-state index contributed by atoms with van der Waals surface area (Å²) in [6.45, 7) is 3.80. The van der Waals surface area contributed by atoms with Gasteiger partial charge in [0.15, 0.2) is 0 Å². The van der Waals surface area contributed by atoms with Gasteiger partial charge in [0, 0.05) is 29.5 Å². The molecule has 1 aromatic carbocycles. The van der Waals surface area contributed by atoms with Crippen LogP contribution in [0.2, 0.25) is 0 Å². The molecule has 142 valence electrons. The highest BCUT2D eigenvalue weighted by Gasteiger charge is 2.39. The molecule has 1 aliphatic rings. The summed E-state index contributed by atoms with van der Waals surface area (Å²) in [7, 11) is 0. The molecule has 2 heterocycles. The van der Waals surface area contributed by atoms with Crippen molar-refractivity contribution in [2.45, 2.75) is 31.1 Å². The third-order valence-electron chi connectivity index (χ3n) is 4.17. The molecule has 1 aromatic heterocycles. The summed E-state index contributed by atoms with van der Waals surface area (Å²) in [6.07, 6.45) is 2.78. The van der Waals surface area contributed by atoms with Gasteiger partial charge in [-0.1, -0.05) is 49.4 Å². The average Bonchev–Trinajstić information content (AvgIpc) is 3.28. The molecule has 0 aliphatic carbocycles. The Hall–Kier alpha value is -1.89. The van der Waals surface area contributed by atoms with Gasteiger partial charge in [-0.15, -0.1) is 11.3 Å². The number of rotatable bonds is 10. The van der Waals surface area contributed by atoms with Gasteiger partial charge in [-0.3, -0.25) is 14.5 Å². The number of imide groups is 1. The van der Waals surface area contributed by atoms with Gasteiger partial charge in [-0.05, 0) is 36.4 Å². The van der Waals surface area contributed by atoms with Crippen molar-refractivity contribution in [2.24, 2.45) is 0 Å². The highest BCUT2D eigenvalue weighted by atomic mass is 32.2. The molecule has 3 rings (SSSR count). The Kier molecular flexibility index (Phi) is 7.26. The monoisotopic (exact) mass is 401 g/mol. The Morgan fingerprint density at radius 3 is 2.48 bits per heavy atom. The SMILES string of the molecule is CCCCOCCCN1C(=O)C(Sc2ccccc2)=C(c2cccs2)C1=O. The first-order valence-corrected chi connectivity index (χ1v) is 10.9. The van der Waals surface area contributed by atoms with Crippen LogP contribution in [0.3, 0.4) is 0 Å². The van der Waals surface area contributed by atoms with Gasteiger partial charge >= 0.3 is 0 Å². The fraction of sp³-hybridized carbons (Fsp3) is 0.333. The molecule has 0 atom stereocenters. The van der Waals surface area contributed by atoms with Crippen molar-refractivity contribution < 1.29 is 14.3 Å². The second-order valence-corrected chi connectivity index (χ2v) is 8.21. The Morgan fingerprint density at radius 1 is 1.00 bits per heavy atom. The van der Waals surface area contributed by atoms with Crippen LogP contribution in [0.4, 0.5) is 0 Å². The number of amides is 2. The molecule has 1 aliphatic heterocycles. The zero-order valence-electron chi connectivity index (χ0n) is 15.3. The van der Waals surface area contributed by atoms with Crippen LogP contribution in [-0.4, -0.2) is 36.5 Å². The van der Waals surface area contributed by atoms with Crippen molar-refractivity contribution in [2.75, 3.05) is 19.8 Å². The van der Waals surface area contributed by atoms with Gasteiger partial charge in [0.1, 0.15) is 0 Å². The van der Waals surface area contributed by atoms with Crippen LogP contribution >= 0.6 is 23.1 Å². The molecule has 27 heavy (non-hydrogen) atoms. The maximum atomic E-state index is 13.0. The second kappa shape index (κ2) is 9.88. The van der Waals surface area contributed by atoms with Crippen molar-refractivity contribution in [1.82, 2.24) is 4.90 Å². The zero-order valence-corrected chi connectivity index (χ0v) is 17.0. The minimum atomic E-state index is -0.203. The molecule has 0 radical (unpaired) electrons. The van der Waals surface area contributed by atoms with E-state index in [0.29, 0.717) is 30.1 Å². The number of benzene rings is 1. The van der Waals surface area contributed by atoms with E-state index in [1.807, 2.05) is 47.8 Å². The first-order valence-electron chi connectivity index (χ1n) is 9.17. The average molecular weight is 402 g/mol. The van der Waals surface area contributed by atoms with Gasteiger partial charge in [-0.25, -0.2) is 0 Å². The number of hydrogen-bond donors (Lipinski definition) is 0. The van der Waals surface area contributed by atoms with Crippen LogP contribution in [0, 0.1) is 0 Å². The van der Waals surface area contributed by atoms with Gasteiger partial charge in [-0.2, -0.15) is 0 Å². The van der Waals surface area contributed by atoms with Crippen LogP contribution in [0.5, 0.6) is 0 Å². The Morgan fingerprint density at radius 2 is 1.78 bits per heavy atom. The van der Waals surface area contributed by atoms with Crippen LogP contribution < -0.4 is 0 Å². The molecule has 0 N–H and O–H groups in total. The minimum absolute atomic E-state index is 0.200. The van der Waals surface area contributed by atoms with Crippen LogP contribution in [0.25, 0.3) is 5.57 Å². The van der Waals surface area contributed by atoms with E-state index in [9.17, 15) is 9.59 Å². The molecular weight excluding hydrogens is 378 g/mol. The predicted molar refractivity (Wildman–Crippen MR) is 111 cm³/mol. The number of carbonyl (C=O) groups is 2. The van der Waals surface area contributed by atoms with E-state index in [1.54, 1.807) is 0 Å². The van der Waals surface area contributed by atoms with Crippen LogP contribution in [0.15, 0.2) is 57.6 Å². The largest absolute Gasteiger partial charge is 0.381 e. The Balaban J connectivity index is 1.73. The fourth-order valence-corrected chi connectivity index (χ4v) is 4.63. The second-order valence-electron chi connectivity index (χ2n) is 6.18. The first kappa shape index (κ1) is 19.9. The van der Waals surface area contributed by atoms with E-state index >= 15 is 0 Å². The third kappa shape index (κ3) is 4.89. The Labute approximate surface area is 168 Å². The minimum Gasteiger partial charge on any atom is -0.381 e. The molecule has 0 fully saturated rings. The maximum Gasteiger partial charge on any atom is 0.268 e. The number of nitrogens with zero attached hydrogens (tertiary/aromatic N) is 1. The van der Waals surface area contributed by atoms with Crippen molar-refractivity contribution in [3.05, 3.63) is 57.6 Å². The van der Waals surface area contributed by atoms with Crippen molar-refractivity contribution in [3.63, 3.8) is 0 Å². The molecule has 2 amide bonds. The molecular formula is C21H23NO3S2. The highest BCUT2D eigenvalue weighted by Crippen LogP contribution is 2.40. The lowest BCUT2D eigenvalue weighted by Crippen LogP contribution is -2.33. The van der Waals surface area contributed by atoms with Crippen LogP contribution in [-0.2, 0) is 14.3 Å². The summed E-state index contributed by atoms with van der Waals surface area (Å²) in [5, 5.41) is 1.93. The number of thiophene rings is 1. The normalized spacial score (nSPS) is 14.5. The van der Waals surface area contributed by atoms with E-state index in [-0.39, 0.29) is 11.8 Å². The zero-order chi connectivity index (χ0) is 19.1. The van der Waals surface area contributed by atoms with Gasteiger partial charge in [0.25, 0.3) is 11.8 Å². The molecule has 2 aromatic rings. The molecule has 0 unspecified atom stereocenters. The number of carbonyl (C=O) groups excluding carboxylic acids is 2. The number of unbranched alkanes of at least 4 members (excludes halogenated alkanes) is 1. The van der Waals surface area contributed by atoms with Crippen molar-refractivity contribution in [1.29, 1.82) is 0 Å². The van der Waals surface area contributed by atoms with E-state index in [1.165, 1.54) is 28.0 Å². The molecule has 4 nitrogen and oxygen atoms in total. The lowest BCUT2D eigenvalue weighted by Gasteiger charge is -2.15. The molecule has 6 heteroatoms.